The fraction of sp³-hybridized carbons (Fsp3) is 0.600. The number of likely N-dealkylation sites (tertiary alicyclic amines) is 1. The van der Waals surface area contributed by atoms with Crippen LogP contribution in [0.25, 0.3) is 0 Å². The quantitative estimate of drug-likeness (QED) is 0.926. The average molecular weight is 311 g/mol. The van der Waals surface area contributed by atoms with E-state index in [1.54, 1.807) is 0 Å². The maximum absolute atomic E-state index is 5.98. The lowest BCUT2D eigenvalue weighted by atomic mass is 9.84. The maximum atomic E-state index is 5.98. The van der Waals surface area contributed by atoms with Crippen molar-refractivity contribution < 1.29 is 0 Å². The van der Waals surface area contributed by atoms with Gasteiger partial charge in [-0.1, -0.05) is 35.0 Å². The van der Waals surface area contributed by atoms with Crippen molar-refractivity contribution in [3.05, 3.63) is 33.8 Å². The minimum Gasteiger partial charge on any atom is -0.330 e. The van der Waals surface area contributed by atoms with E-state index >= 15 is 0 Å². The molecule has 2 atom stereocenters. The van der Waals surface area contributed by atoms with Crippen LogP contribution >= 0.6 is 15.9 Å². The SMILES string of the molecule is CCN1CCCC(CN)C1c1ccc(Br)c(C)c1. The zero-order valence-corrected chi connectivity index (χ0v) is 12.9. The van der Waals surface area contributed by atoms with Crippen molar-refractivity contribution in [3.63, 3.8) is 0 Å². The van der Waals surface area contributed by atoms with Crippen molar-refractivity contribution in [1.29, 1.82) is 0 Å². The van der Waals surface area contributed by atoms with Crippen LogP contribution in [-0.4, -0.2) is 24.5 Å². The highest BCUT2D eigenvalue weighted by atomic mass is 79.9. The molecule has 3 heteroatoms. The van der Waals surface area contributed by atoms with Gasteiger partial charge in [0.1, 0.15) is 0 Å². The molecule has 1 aliphatic heterocycles. The highest BCUT2D eigenvalue weighted by molar-refractivity contribution is 9.10. The largest absolute Gasteiger partial charge is 0.330 e. The van der Waals surface area contributed by atoms with E-state index < -0.39 is 0 Å². The van der Waals surface area contributed by atoms with Crippen LogP contribution in [-0.2, 0) is 0 Å². The summed E-state index contributed by atoms with van der Waals surface area (Å²) in [5.41, 5.74) is 8.71. The summed E-state index contributed by atoms with van der Waals surface area (Å²) in [5, 5.41) is 0. The highest BCUT2D eigenvalue weighted by Crippen LogP contribution is 2.36. The number of nitrogens with two attached hydrogens (primary N) is 1. The van der Waals surface area contributed by atoms with Crippen LogP contribution in [0.5, 0.6) is 0 Å². The van der Waals surface area contributed by atoms with Gasteiger partial charge in [-0.25, -0.2) is 0 Å². The zero-order chi connectivity index (χ0) is 13.1. The normalized spacial score (nSPS) is 25.3. The van der Waals surface area contributed by atoms with Crippen LogP contribution in [0.2, 0.25) is 0 Å². The number of rotatable bonds is 3. The van der Waals surface area contributed by atoms with E-state index in [9.17, 15) is 0 Å². The molecule has 2 nitrogen and oxygen atoms in total. The Morgan fingerprint density at radius 2 is 2.22 bits per heavy atom. The lowest BCUT2D eigenvalue weighted by Gasteiger charge is -2.41. The Balaban J connectivity index is 2.32. The summed E-state index contributed by atoms with van der Waals surface area (Å²) < 4.78 is 1.19. The fourth-order valence-electron chi connectivity index (χ4n) is 3.09. The van der Waals surface area contributed by atoms with E-state index in [-0.39, 0.29) is 0 Å². The first kappa shape index (κ1) is 14.0. The van der Waals surface area contributed by atoms with Crippen LogP contribution in [0, 0.1) is 12.8 Å². The molecule has 2 rings (SSSR count). The summed E-state index contributed by atoms with van der Waals surface area (Å²) in [6.07, 6.45) is 2.54. The third-order valence-corrected chi connectivity index (χ3v) is 4.98. The smallest absolute Gasteiger partial charge is 0.0388 e. The number of hydrogen-bond donors (Lipinski definition) is 1. The standard InChI is InChI=1S/C15H23BrN2/c1-3-18-8-4-5-13(10-17)15(18)12-6-7-14(16)11(2)9-12/h6-7,9,13,15H,3-5,8,10,17H2,1-2H3. The molecule has 0 radical (unpaired) electrons. The highest BCUT2D eigenvalue weighted by Gasteiger charge is 2.30. The van der Waals surface area contributed by atoms with Gasteiger partial charge in [0.15, 0.2) is 0 Å². The molecule has 0 amide bonds. The van der Waals surface area contributed by atoms with Crippen molar-refractivity contribution >= 4 is 15.9 Å². The van der Waals surface area contributed by atoms with Gasteiger partial charge in [-0.15, -0.1) is 0 Å². The zero-order valence-electron chi connectivity index (χ0n) is 11.3. The summed E-state index contributed by atoms with van der Waals surface area (Å²) in [5.74, 6) is 0.597. The number of hydrogen-bond acceptors (Lipinski definition) is 2. The first-order valence-corrected chi connectivity index (χ1v) is 7.66. The number of aryl methyl sites for hydroxylation is 1. The van der Waals surface area contributed by atoms with Crippen molar-refractivity contribution in [1.82, 2.24) is 4.90 Å². The Kier molecular flexibility index (Phi) is 4.82. The monoisotopic (exact) mass is 310 g/mol. The van der Waals surface area contributed by atoms with E-state index in [0.717, 1.165) is 13.1 Å². The molecule has 0 bridgehead atoms. The number of benzene rings is 1. The lowest BCUT2D eigenvalue weighted by Crippen LogP contribution is -2.41. The van der Waals surface area contributed by atoms with E-state index in [0.29, 0.717) is 12.0 Å². The second-order valence-corrected chi connectivity index (χ2v) is 6.07. The average Bonchev–Trinajstić information content (AvgIpc) is 2.41. The third kappa shape index (κ3) is 2.79. The van der Waals surface area contributed by atoms with Gasteiger partial charge in [-0.3, -0.25) is 4.90 Å². The van der Waals surface area contributed by atoms with Crippen LogP contribution in [0.15, 0.2) is 22.7 Å². The molecule has 100 valence electrons. The van der Waals surface area contributed by atoms with E-state index in [2.05, 4.69) is 52.9 Å². The lowest BCUT2D eigenvalue weighted by molar-refractivity contribution is 0.102. The van der Waals surface area contributed by atoms with Gasteiger partial charge in [-0.2, -0.15) is 0 Å². The Labute approximate surface area is 119 Å². The molecule has 0 saturated carbocycles. The molecule has 0 aromatic heterocycles. The summed E-state index contributed by atoms with van der Waals surface area (Å²) >= 11 is 3.58. The molecule has 1 fully saturated rings. The van der Waals surface area contributed by atoms with Crippen LogP contribution in [0.1, 0.15) is 36.9 Å². The molecule has 1 aromatic rings. The van der Waals surface area contributed by atoms with Gasteiger partial charge >= 0.3 is 0 Å². The molecule has 1 heterocycles. The Morgan fingerprint density at radius 1 is 1.44 bits per heavy atom. The Hall–Kier alpha value is -0.380. The van der Waals surface area contributed by atoms with Gasteiger partial charge in [0.25, 0.3) is 0 Å². The Bertz CT molecular complexity index is 393. The van der Waals surface area contributed by atoms with E-state index in [4.69, 9.17) is 5.73 Å². The van der Waals surface area contributed by atoms with Gasteiger partial charge in [0.2, 0.25) is 0 Å². The molecular weight excluding hydrogens is 288 g/mol. The fourth-order valence-corrected chi connectivity index (χ4v) is 3.33. The minimum absolute atomic E-state index is 0.501. The van der Waals surface area contributed by atoms with Crippen LogP contribution < -0.4 is 5.73 Å². The molecule has 2 N–H and O–H groups in total. The third-order valence-electron chi connectivity index (χ3n) is 4.09. The summed E-state index contributed by atoms with van der Waals surface area (Å²) in [7, 11) is 0. The van der Waals surface area contributed by atoms with E-state index in [1.807, 2.05) is 0 Å². The molecule has 1 aromatic carbocycles. The predicted molar refractivity (Wildman–Crippen MR) is 80.6 cm³/mol. The molecule has 1 aliphatic rings. The second-order valence-electron chi connectivity index (χ2n) is 5.22. The van der Waals surface area contributed by atoms with Gasteiger partial charge in [0, 0.05) is 10.5 Å². The summed E-state index contributed by atoms with van der Waals surface area (Å²) in [4.78, 5) is 2.57. The molecule has 0 spiro atoms. The van der Waals surface area contributed by atoms with Crippen molar-refractivity contribution in [2.45, 2.75) is 32.7 Å². The van der Waals surface area contributed by atoms with Gasteiger partial charge in [0.05, 0.1) is 0 Å². The molecular formula is C15H23BrN2. The topological polar surface area (TPSA) is 29.3 Å². The van der Waals surface area contributed by atoms with Gasteiger partial charge in [-0.05, 0) is 62.5 Å². The Morgan fingerprint density at radius 3 is 2.83 bits per heavy atom. The second kappa shape index (κ2) is 6.18. The molecule has 0 aliphatic carbocycles. The van der Waals surface area contributed by atoms with Crippen LogP contribution in [0.3, 0.4) is 0 Å². The number of nitrogens with zero attached hydrogens (tertiary/aromatic N) is 1. The van der Waals surface area contributed by atoms with Crippen molar-refractivity contribution in [3.8, 4) is 0 Å². The first-order chi connectivity index (χ1) is 8.67. The molecule has 18 heavy (non-hydrogen) atoms. The number of piperidine rings is 1. The molecule has 2 unspecified atom stereocenters. The first-order valence-electron chi connectivity index (χ1n) is 6.87. The van der Waals surface area contributed by atoms with Gasteiger partial charge < -0.3 is 5.73 Å². The summed E-state index contributed by atoms with van der Waals surface area (Å²) in [6, 6.07) is 7.23. The van der Waals surface area contributed by atoms with Crippen molar-refractivity contribution in [2.75, 3.05) is 19.6 Å². The molecule has 1 saturated heterocycles. The maximum Gasteiger partial charge on any atom is 0.0388 e. The van der Waals surface area contributed by atoms with Crippen molar-refractivity contribution in [2.24, 2.45) is 11.7 Å². The summed E-state index contributed by atoms with van der Waals surface area (Å²) in [6.45, 7) is 7.50. The predicted octanol–water partition coefficient (Wildman–Crippen LogP) is 3.49. The number of halogens is 1. The van der Waals surface area contributed by atoms with E-state index in [1.165, 1.54) is 35.0 Å². The van der Waals surface area contributed by atoms with Crippen LogP contribution in [0.4, 0.5) is 0 Å². The minimum atomic E-state index is 0.501.